The molecule has 3 nitrogen and oxygen atoms in total. The number of rotatable bonds is 4. The van der Waals surface area contributed by atoms with Crippen molar-refractivity contribution in [3.63, 3.8) is 0 Å². The van der Waals surface area contributed by atoms with Crippen molar-refractivity contribution >= 4 is 17.6 Å². The molecule has 0 aliphatic carbocycles. The molecule has 0 aliphatic rings. The Morgan fingerprint density at radius 3 is 2.92 bits per heavy atom. The van der Waals surface area contributed by atoms with Crippen LogP contribution in [-0.2, 0) is 0 Å². The van der Waals surface area contributed by atoms with Gasteiger partial charge in [0.1, 0.15) is 10.8 Å². The molecule has 0 spiro atoms. The third-order valence-electron chi connectivity index (χ3n) is 1.77. The molecule has 0 amide bonds. The molecule has 1 rings (SSSR count). The maximum atomic E-state index is 4.37. The van der Waals surface area contributed by atoms with Crippen LogP contribution in [0.3, 0.4) is 0 Å². The van der Waals surface area contributed by atoms with Crippen LogP contribution in [0.2, 0.25) is 0 Å². The van der Waals surface area contributed by atoms with Gasteiger partial charge in [-0.15, -0.1) is 11.8 Å². The minimum atomic E-state index is 0.599. The lowest BCUT2D eigenvalue weighted by Crippen LogP contribution is -1.97. The number of hydrogen-bond acceptors (Lipinski definition) is 4. The Balaban J connectivity index is 2.66. The summed E-state index contributed by atoms with van der Waals surface area (Å²) in [5.41, 5.74) is 0. The van der Waals surface area contributed by atoms with Gasteiger partial charge < -0.3 is 5.32 Å². The molecule has 0 saturated carbocycles. The summed E-state index contributed by atoms with van der Waals surface area (Å²) < 4.78 is 0. The Hall–Kier alpha value is -0.770. The normalized spacial score (nSPS) is 12.5. The molecule has 4 heteroatoms. The maximum Gasteiger partial charge on any atom is 0.145 e. The lowest BCUT2D eigenvalue weighted by molar-refractivity contribution is 0.899. The van der Waals surface area contributed by atoms with E-state index in [1.807, 2.05) is 7.05 Å². The molecule has 1 unspecified atom stereocenters. The lowest BCUT2D eigenvalue weighted by atomic mass is 10.4. The summed E-state index contributed by atoms with van der Waals surface area (Å²) in [6.45, 7) is 4.37. The van der Waals surface area contributed by atoms with Crippen LogP contribution in [0.25, 0.3) is 0 Å². The minimum Gasteiger partial charge on any atom is -0.372 e. The van der Waals surface area contributed by atoms with Crippen LogP contribution < -0.4 is 5.32 Å². The zero-order chi connectivity index (χ0) is 9.68. The average molecular weight is 197 g/mol. The third-order valence-corrected chi connectivity index (χ3v) is 2.94. The number of nitrogens with one attached hydrogen (secondary N) is 1. The van der Waals surface area contributed by atoms with E-state index < -0.39 is 0 Å². The van der Waals surface area contributed by atoms with E-state index in [4.69, 9.17) is 0 Å². The van der Waals surface area contributed by atoms with Gasteiger partial charge in [0.15, 0.2) is 0 Å². The molecule has 0 fully saturated rings. The Bertz CT molecular complexity index is 265. The van der Waals surface area contributed by atoms with Gasteiger partial charge in [0.2, 0.25) is 0 Å². The molecule has 1 atom stereocenters. The molecule has 0 saturated heterocycles. The summed E-state index contributed by atoms with van der Waals surface area (Å²) in [4.78, 5) is 8.47. The van der Waals surface area contributed by atoms with Gasteiger partial charge in [-0.25, -0.2) is 4.98 Å². The fraction of sp³-hybridized carbons (Fsp3) is 0.556. The molecule has 0 bridgehead atoms. The standard InChI is InChI=1S/C9H15N3S/c1-4-7(2)13-9-6-11-5-8(10-3)12-9/h5-7H,4H2,1-3H3,(H,10,12). The van der Waals surface area contributed by atoms with Gasteiger partial charge in [0.05, 0.1) is 12.4 Å². The highest BCUT2D eigenvalue weighted by molar-refractivity contribution is 7.99. The summed E-state index contributed by atoms with van der Waals surface area (Å²) in [7, 11) is 1.85. The van der Waals surface area contributed by atoms with Crippen LogP contribution >= 0.6 is 11.8 Å². The lowest BCUT2D eigenvalue weighted by Gasteiger charge is -2.07. The quantitative estimate of drug-likeness (QED) is 0.752. The third kappa shape index (κ3) is 3.22. The van der Waals surface area contributed by atoms with Gasteiger partial charge in [0.25, 0.3) is 0 Å². The fourth-order valence-corrected chi connectivity index (χ4v) is 1.67. The zero-order valence-corrected chi connectivity index (χ0v) is 9.06. The summed E-state index contributed by atoms with van der Waals surface area (Å²) in [6, 6.07) is 0. The fourth-order valence-electron chi connectivity index (χ4n) is 0.815. The van der Waals surface area contributed by atoms with Crippen molar-refractivity contribution in [3.05, 3.63) is 12.4 Å². The first-order valence-electron chi connectivity index (χ1n) is 4.42. The van der Waals surface area contributed by atoms with E-state index in [2.05, 4.69) is 29.1 Å². The van der Waals surface area contributed by atoms with Crippen LogP contribution in [0.5, 0.6) is 0 Å². The summed E-state index contributed by atoms with van der Waals surface area (Å²) in [5, 5.41) is 4.56. The van der Waals surface area contributed by atoms with E-state index in [1.54, 1.807) is 24.2 Å². The van der Waals surface area contributed by atoms with Gasteiger partial charge in [-0.2, -0.15) is 0 Å². The van der Waals surface area contributed by atoms with E-state index in [1.165, 1.54) is 0 Å². The highest BCUT2D eigenvalue weighted by Crippen LogP contribution is 2.22. The largest absolute Gasteiger partial charge is 0.372 e. The van der Waals surface area contributed by atoms with Crippen molar-refractivity contribution in [1.29, 1.82) is 0 Å². The Labute approximate surface area is 83.4 Å². The van der Waals surface area contributed by atoms with Gasteiger partial charge in [-0.05, 0) is 6.42 Å². The van der Waals surface area contributed by atoms with Gasteiger partial charge >= 0.3 is 0 Å². The van der Waals surface area contributed by atoms with Crippen molar-refractivity contribution in [1.82, 2.24) is 9.97 Å². The Morgan fingerprint density at radius 2 is 2.31 bits per heavy atom. The highest BCUT2D eigenvalue weighted by atomic mass is 32.2. The number of anilines is 1. The molecule has 1 N–H and O–H groups in total. The Kier molecular flexibility index (Phi) is 4.02. The predicted octanol–water partition coefficient (Wildman–Crippen LogP) is 2.41. The van der Waals surface area contributed by atoms with E-state index in [0.29, 0.717) is 5.25 Å². The molecule has 13 heavy (non-hydrogen) atoms. The molecule has 1 aromatic heterocycles. The predicted molar refractivity (Wildman–Crippen MR) is 57.2 cm³/mol. The van der Waals surface area contributed by atoms with Crippen molar-refractivity contribution in [2.45, 2.75) is 30.5 Å². The molecular weight excluding hydrogens is 182 g/mol. The average Bonchev–Trinajstić information content (AvgIpc) is 2.18. The number of aromatic nitrogens is 2. The molecule has 0 aliphatic heterocycles. The van der Waals surface area contributed by atoms with Crippen LogP contribution in [-0.4, -0.2) is 22.3 Å². The van der Waals surface area contributed by atoms with E-state index in [-0.39, 0.29) is 0 Å². The van der Waals surface area contributed by atoms with Crippen LogP contribution in [0.4, 0.5) is 5.82 Å². The van der Waals surface area contributed by atoms with E-state index in [0.717, 1.165) is 17.3 Å². The van der Waals surface area contributed by atoms with Crippen molar-refractivity contribution < 1.29 is 0 Å². The van der Waals surface area contributed by atoms with E-state index >= 15 is 0 Å². The topological polar surface area (TPSA) is 37.8 Å². The minimum absolute atomic E-state index is 0.599. The molecular formula is C9H15N3S. The molecule has 0 radical (unpaired) electrons. The molecule has 1 heterocycles. The summed E-state index contributed by atoms with van der Waals surface area (Å²) in [5.74, 6) is 0.827. The number of thioether (sulfide) groups is 1. The zero-order valence-electron chi connectivity index (χ0n) is 8.24. The summed E-state index contributed by atoms with van der Waals surface area (Å²) in [6.07, 6.45) is 4.68. The second-order valence-corrected chi connectivity index (χ2v) is 4.29. The first-order valence-corrected chi connectivity index (χ1v) is 5.30. The first-order chi connectivity index (χ1) is 6.26. The summed E-state index contributed by atoms with van der Waals surface area (Å²) >= 11 is 1.76. The number of hydrogen-bond donors (Lipinski definition) is 1. The van der Waals surface area contributed by atoms with Gasteiger partial charge in [0, 0.05) is 12.3 Å². The smallest absolute Gasteiger partial charge is 0.145 e. The second kappa shape index (κ2) is 5.07. The molecule has 1 aromatic rings. The van der Waals surface area contributed by atoms with Crippen molar-refractivity contribution in [2.75, 3.05) is 12.4 Å². The monoisotopic (exact) mass is 197 g/mol. The van der Waals surface area contributed by atoms with Gasteiger partial charge in [-0.3, -0.25) is 4.98 Å². The van der Waals surface area contributed by atoms with Crippen LogP contribution in [0.15, 0.2) is 17.4 Å². The van der Waals surface area contributed by atoms with E-state index in [9.17, 15) is 0 Å². The van der Waals surface area contributed by atoms with Crippen LogP contribution in [0, 0.1) is 0 Å². The highest BCUT2D eigenvalue weighted by Gasteiger charge is 2.03. The Morgan fingerprint density at radius 1 is 1.54 bits per heavy atom. The first kappa shape index (κ1) is 10.3. The van der Waals surface area contributed by atoms with Crippen molar-refractivity contribution in [3.8, 4) is 0 Å². The molecule has 0 aromatic carbocycles. The number of nitrogens with zero attached hydrogens (tertiary/aromatic N) is 2. The maximum absolute atomic E-state index is 4.37. The molecule has 72 valence electrons. The van der Waals surface area contributed by atoms with Crippen molar-refractivity contribution in [2.24, 2.45) is 0 Å². The van der Waals surface area contributed by atoms with Crippen LogP contribution in [0.1, 0.15) is 20.3 Å². The SMILES string of the molecule is CCC(C)Sc1cncc(NC)n1. The van der Waals surface area contributed by atoms with Gasteiger partial charge in [-0.1, -0.05) is 13.8 Å². The second-order valence-electron chi connectivity index (χ2n) is 2.83.